The molecular formula is C32H27ClF4N4O5. The molecule has 0 bridgehead atoms. The Morgan fingerprint density at radius 2 is 1.87 bits per heavy atom. The molecule has 0 radical (unpaired) electrons. The van der Waals surface area contributed by atoms with E-state index in [9.17, 15) is 23.5 Å². The molecule has 46 heavy (non-hydrogen) atoms. The second kappa shape index (κ2) is 10.8. The van der Waals surface area contributed by atoms with Gasteiger partial charge in [0, 0.05) is 22.1 Å². The first-order valence-electron chi connectivity index (χ1n) is 14.1. The van der Waals surface area contributed by atoms with Gasteiger partial charge in [0.25, 0.3) is 5.91 Å². The summed E-state index contributed by atoms with van der Waals surface area (Å²) in [7, 11) is 1.40. The van der Waals surface area contributed by atoms with E-state index in [1.54, 1.807) is 13.0 Å². The van der Waals surface area contributed by atoms with Crippen molar-refractivity contribution in [2.24, 2.45) is 5.73 Å². The Bertz CT molecular complexity index is 1970. The van der Waals surface area contributed by atoms with Crippen molar-refractivity contribution in [3.63, 3.8) is 0 Å². The molecule has 1 saturated carbocycles. The maximum absolute atomic E-state index is 16.1. The number of amides is 2. The second-order valence-electron chi connectivity index (χ2n) is 11.8. The van der Waals surface area contributed by atoms with Gasteiger partial charge in [-0.05, 0) is 63.1 Å². The highest BCUT2D eigenvalue weighted by Gasteiger charge is 2.62. The predicted molar refractivity (Wildman–Crippen MR) is 159 cm³/mol. The molecule has 3 heterocycles. The van der Waals surface area contributed by atoms with Crippen LogP contribution in [-0.4, -0.2) is 52.8 Å². The maximum atomic E-state index is 16.1. The van der Waals surface area contributed by atoms with Gasteiger partial charge < -0.3 is 25.6 Å². The molecule has 4 N–H and O–H groups in total. The normalized spacial score (nSPS) is 19.2. The minimum Gasteiger partial charge on any atom is -0.494 e. The molecule has 2 aromatic carbocycles. The Morgan fingerprint density at radius 3 is 2.52 bits per heavy atom. The van der Waals surface area contributed by atoms with E-state index in [-0.39, 0.29) is 42.1 Å². The molecular weight excluding hydrogens is 632 g/mol. The van der Waals surface area contributed by atoms with Gasteiger partial charge in [0.2, 0.25) is 5.91 Å². The number of halogens is 5. The standard InChI is InChI=1S/C32H27ClF4N4O5/c1-14-19(33)9-15-8-16(10-21(45-3)25(15)40-14)28(42)39-12-32(44,31(37)6-7-31)22-11-18-27(46-13-30(18,2)29(38)43)26(41-22)17-4-5-20(34)24(36)23(17)35/h4-5,8-11,44H,6-7,12-13H2,1-3H3,(H2,38,43)(H,39,42)/t30-,32-/m0/s1. The molecule has 1 aliphatic heterocycles. The van der Waals surface area contributed by atoms with Crippen molar-refractivity contribution in [2.75, 3.05) is 20.3 Å². The predicted octanol–water partition coefficient (Wildman–Crippen LogP) is 4.94. The van der Waals surface area contributed by atoms with Crippen LogP contribution in [0.5, 0.6) is 11.5 Å². The van der Waals surface area contributed by atoms with Gasteiger partial charge >= 0.3 is 0 Å². The number of hydrogen-bond acceptors (Lipinski definition) is 7. The average molecular weight is 659 g/mol. The number of pyridine rings is 2. The van der Waals surface area contributed by atoms with Crippen LogP contribution in [0.3, 0.4) is 0 Å². The Kier molecular flexibility index (Phi) is 7.40. The van der Waals surface area contributed by atoms with Crippen LogP contribution in [0.15, 0.2) is 36.4 Å². The van der Waals surface area contributed by atoms with E-state index >= 15 is 8.78 Å². The zero-order chi connectivity index (χ0) is 33.3. The molecule has 1 aliphatic carbocycles. The van der Waals surface area contributed by atoms with Crippen LogP contribution < -0.4 is 20.5 Å². The largest absolute Gasteiger partial charge is 0.494 e. The van der Waals surface area contributed by atoms with Crippen molar-refractivity contribution in [3.8, 4) is 22.8 Å². The number of hydrogen-bond donors (Lipinski definition) is 3. The Balaban J connectivity index is 1.45. The van der Waals surface area contributed by atoms with Gasteiger partial charge in [0.1, 0.15) is 40.4 Å². The van der Waals surface area contributed by atoms with Crippen LogP contribution >= 0.6 is 11.6 Å². The molecule has 2 aromatic heterocycles. The average Bonchev–Trinajstić information content (AvgIpc) is 3.70. The molecule has 2 amide bonds. The van der Waals surface area contributed by atoms with Gasteiger partial charge in [0.05, 0.1) is 30.1 Å². The number of methoxy groups -OCH3 is 1. The number of nitrogens with one attached hydrogen (secondary N) is 1. The van der Waals surface area contributed by atoms with Gasteiger partial charge in [-0.25, -0.2) is 27.5 Å². The fourth-order valence-electron chi connectivity index (χ4n) is 5.61. The van der Waals surface area contributed by atoms with Crippen LogP contribution in [0.2, 0.25) is 5.02 Å². The number of benzene rings is 2. The number of alkyl halides is 1. The van der Waals surface area contributed by atoms with Crippen molar-refractivity contribution in [3.05, 3.63) is 81.4 Å². The van der Waals surface area contributed by atoms with Crippen molar-refractivity contribution >= 4 is 34.3 Å². The van der Waals surface area contributed by atoms with E-state index in [0.29, 0.717) is 27.7 Å². The molecule has 240 valence electrons. The van der Waals surface area contributed by atoms with Crippen LogP contribution in [-0.2, 0) is 15.8 Å². The molecule has 0 spiro atoms. The maximum Gasteiger partial charge on any atom is 0.251 e. The topological polar surface area (TPSA) is 137 Å². The highest BCUT2D eigenvalue weighted by atomic mass is 35.5. The van der Waals surface area contributed by atoms with Gasteiger partial charge in [-0.15, -0.1) is 0 Å². The third-order valence-electron chi connectivity index (χ3n) is 8.76. The summed E-state index contributed by atoms with van der Waals surface area (Å²) in [5.74, 6) is -6.35. The third-order valence-corrected chi connectivity index (χ3v) is 9.14. The minimum absolute atomic E-state index is 0.0251. The molecule has 9 nitrogen and oxygen atoms in total. The zero-order valence-corrected chi connectivity index (χ0v) is 25.5. The number of carbonyl (C=O) groups excluding carboxylic acids is 2. The zero-order valence-electron chi connectivity index (χ0n) is 24.7. The molecule has 4 aromatic rings. The number of primary amides is 1. The summed E-state index contributed by atoms with van der Waals surface area (Å²) in [5.41, 5.74) is -0.981. The third kappa shape index (κ3) is 4.80. The molecule has 2 atom stereocenters. The number of rotatable bonds is 8. The van der Waals surface area contributed by atoms with Crippen molar-refractivity contribution < 1.29 is 41.7 Å². The molecule has 2 aliphatic rings. The van der Waals surface area contributed by atoms with Gasteiger partial charge in [-0.3, -0.25) is 9.59 Å². The van der Waals surface area contributed by atoms with E-state index in [2.05, 4.69) is 15.3 Å². The van der Waals surface area contributed by atoms with E-state index in [4.69, 9.17) is 26.8 Å². The summed E-state index contributed by atoms with van der Waals surface area (Å²) in [4.78, 5) is 34.7. The first-order chi connectivity index (χ1) is 21.6. The minimum atomic E-state index is -2.54. The van der Waals surface area contributed by atoms with E-state index < -0.39 is 69.4 Å². The number of nitrogens with zero attached hydrogens (tertiary/aromatic N) is 2. The van der Waals surface area contributed by atoms with Crippen molar-refractivity contribution in [1.29, 1.82) is 0 Å². The van der Waals surface area contributed by atoms with Crippen LogP contribution in [0.25, 0.3) is 22.2 Å². The highest BCUT2D eigenvalue weighted by molar-refractivity contribution is 6.31. The quantitative estimate of drug-likeness (QED) is 0.180. The lowest BCUT2D eigenvalue weighted by molar-refractivity contribution is -0.123. The summed E-state index contributed by atoms with van der Waals surface area (Å²) in [6.07, 6.45) is -0.242. The summed E-state index contributed by atoms with van der Waals surface area (Å²) < 4.78 is 70.5. The van der Waals surface area contributed by atoms with E-state index in [1.807, 2.05) is 0 Å². The first kappa shape index (κ1) is 31.5. The summed E-state index contributed by atoms with van der Waals surface area (Å²) in [6, 6.07) is 7.31. The second-order valence-corrected chi connectivity index (χ2v) is 12.2. The molecule has 1 fully saturated rings. The van der Waals surface area contributed by atoms with Crippen molar-refractivity contribution in [1.82, 2.24) is 15.3 Å². The number of aryl methyl sites for hydroxylation is 1. The molecule has 0 unspecified atom stereocenters. The number of aliphatic hydroxyl groups is 1. The molecule has 14 heteroatoms. The fraction of sp³-hybridized carbons (Fsp3) is 0.312. The fourth-order valence-corrected chi connectivity index (χ4v) is 5.77. The summed E-state index contributed by atoms with van der Waals surface area (Å²) >= 11 is 6.24. The SMILES string of the molecule is COc1cc(C(=O)NC[C@](O)(c2cc3c(c(-c4ccc(F)c(F)c4F)n2)OC[C@]3(C)C(N)=O)C2(F)CC2)cc2cc(Cl)c(C)nc12. The lowest BCUT2D eigenvalue weighted by Gasteiger charge is -2.33. The van der Waals surface area contributed by atoms with Gasteiger partial charge in [-0.2, -0.15) is 0 Å². The van der Waals surface area contributed by atoms with Gasteiger partial charge in [-0.1, -0.05) is 11.6 Å². The Hall–Kier alpha value is -4.49. The lowest BCUT2D eigenvalue weighted by atomic mass is 9.80. The number of nitrogens with two attached hydrogens (primary N) is 1. The first-order valence-corrected chi connectivity index (χ1v) is 14.5. The lowest BCUT2D eigenvalue weighted by Crippen LogP contribution is -2.49. The monoisotopic (exact) mass is 658 g/mol. The number of aromatic nitrogens is 2. The highest BCUT2D eigenvalue weighted by Crippen LogP contribution is 2.55. The van der Waals surface area contributed by atoms with Crippen molar-refractivity contribution in [2.45, 2.75) is 43.4 Å². The van der Waals surface area contributed by atoms with Gasteiger partial charge in [0.15, 0.2) is 23.1 Å². The van der Waals surface area contributed by atoms with E-state index in [0.717, 1.165) is 6.07 Å². The number of fused-ring (bicyclic) bond motifs is 2. The number of ether oxygens (including phenoxy) is 2. The molecule has 0 saturated heterocycles. The van der Waals surface area contributed by atoms with Crippen LogP contribution in [0.1, 0.15) is 47.1 Å². The Morgan fingerprint density at radius 1 is 1.15 bits per heavy atom. The van der Waals surface area contributed by atoms with E-state index in [1.165, 1.54) is 32.2 Å². The Labute approximate surface area is 264 Å². The summed E-state index contributed by atoms with van der Waals surface area (Å²) in [5, 5.41) is 15.4. The molecule has 6 rings (SSSR count). The van der Waals surface area contributed by atoms with Crippen LogP contribution in [0.4, 0.5) is 17.6 Å². The smallest absolute Gasteiger partial charge is 0.251 e. The number of carbonyl (C=O) groups is 2. The summed E-state index contributed by atoms with van der Waals surface area (Å²) in [6.45, 7) is 2.09. The van der Waals surface area contributed by atoms with Crippen LogP contribution in [0, 0.1) is 24.4 Å².